The Bertz CT molecular complexity index is 529. The van der Waals surface area contributed by atoms with E-state index < -0.39 is 0 Å². The fraction of sp³-hybridized carbons (Fsp3) is 0.429. The lowest BCUT2D eigenvalue weighted by molar-refractivity contribution is -0.126. The molecule has 1 atom stereocenters. The molecular formula is C14H17N3O2. The molecule has 0 spiro atoms. The maximum absolute atomic E-state index is 12.2. The topological polar surface area (TPSA) is 52.7 Å². The zero-order chi connectivity index (χ0) is 13.4. The third-order valence-electron chi connectivity index (χ3n) is 3.81. The molecule has 1 N–H and O–H groups in total. The molecule has 1 saturated heterocycles. The number of urea groups is 1. The lowest BCUT2D eigenvalue weighted by Gasteiger charge is -2.25. The zero-order valence-electron chi connectivity index (χ0n) is 10.9. The minimum atomic E-state index is -0.273. The summed E-state index contributed by atoms with van der Waals surface area (Å²) in [7, 11) is 0. The maximum Gasteiger partial charge on any atom is 0.324 e. The van der Waals surface area contributed by atoms with Crippen LogP contribution in [0.5, 0.6) is 0 Å². The predicted octanol–water partition coefficient (Wildman–Crippen LogP) is 0.989. The number of anilines is 1. The van der Waals surface area contributed by atoms with Crippen molar-refractivity contribution >= 4 is 17.6 Å². The molecule has 3 amide bonds. The molecular weight excluding hydrogens is 242 g/mol. The van der Waals surface area contributed by atoms with Crippen molar-refractivity contribution in [1.29, 1.82) is 0 Å². The molecule has 2 heterocycles. The molecule has 19 heavy (non-hydrogen) atoms. The van der Waals surface area contributed by atoms with Gasteiger partial charge in [0.25, 0.3) is 0 Å². The smallest absolute Gasteiger partial charge is 0.324 e. The number of rotatable bonds is 2. The molecule has 5 heteroatoms. The quantitative estimate of drug-likeness (QED) is 0.861. The maximum atomic E-state index is 12.2. The Morgan fingerprint density at radius 1 is 1.42 bits per heavy atom. The Hall–Kier alpha value is -2.04. The predicted molar refractivity (Wildman–Crippen MR) is 72.1 cm³/mol. The van der Waals surface area contributed by atoms with E-state index in [1.54, 1.807) is 0 Å². The fourth-order valence-electron chi connectivity index (χ4n) is 2.81. The number of nitrogens with zero attached hydrogens (tertiary/aromatic N) is 2. The summed E-state index contributed by atoms with van der Waals surface area (Å²) in [6, 6.07) is 8.16. The van der Waals surface area contributed by atoms with Crippen LogP contribution in [0.15, 0.2) is 24.3 Å². The lowest BCUT2D eigenvalue weighted by Crippen LogP contribution is -2.43. The summed E-state index contributed by atoms with van der Waals surface area (Å²) >= 11 is 0. The second kappa shape index (κ2) is 4.57. The van der Waals surface area contributed by atoms with Crippen molar-refractivity contribution < 1.29 is 9.59 Å². The summed E-state index contributed by atoms with van der Waals surface area (Å²) in [6.45, 7) is 3.40. The first-order valence-electron chi connectivity index (χ1n) is 6.59. The van der Waals surface area contributed by atoms with E-state index in [4.69, 9.17) is 0 Å². The molecule has 100 valence electrons. The Balaban J connectivity index is 1.76. The van der Waals surface area contributed by atoms with Gasteiger partial charge in [-0.1, -0.05) is 18.2 Å². The number of carbonyl (C=O) groups excluding carboxylic acids is 2. The average Bonchev–Trinajstić information content (AvgIpc) is 2.94. The van der Waals surface area contributed by atoms with Gasteiger partial charge in [-0.25, -0.2) is 4.79 Å². The summed E-state index contributed by atoms with van der Waals surface area (Å²) < 4.78 is 0. The van der Waals surface area contributed by atoms with Crippen molar-refractivity contribution in [3.63, 3.8) is 0 Å². The van der Waals surface area contributed by atoms with Crippen molar-refractivity contribution in [3.8, 4) is 0 Å². The fourth-order valence-corrected chi connectivity index (χ4v) is 2.81. The van der Waals surface area contributed by atoms with Gasteiger partial charge in [0, 0.05) is 24.8 Å². The van der Waals surface area contributed by atoms with Crippen LogP contribution in [0.3, 0.4) is 0 Å². The molecule has 0 saturated carbocycles. The number of para-hydroxylation sites is 1. The molecule has 1 aromatic rings. The Labute approximate surface area is 112 Å². The molecule has 0 aromatic heterocycles. The third kappa shape index (κ3) is 2.05. The number of hydrogen-bond acceptors (Lipinski definition) is 3. The van der Waals surface area contributed by atoms with Gasteiger partial charge in [0.15, 0.2) is 0 Å². The largest absolute Gasteiger partial charge is 0.359 e. The molecule has 1 fully saturated rings. The molecule has 1 aromatic carbocycles. The van der Waals surface area contributed by atoms with Gasteiger partial charge in [-0.3, -0.25) is 9.69 Å². The first-order valence-corrected chi connectivity index (χ1v) is 6.59. The van der Waals surface area contributed by atoms with Crippen LogP contribution in [-0.2, 0) is 11.2 Å². The number of benzene rings is 1. The van der Waals surface area contributed by atoms with E-state index in [0.29, 0.717) is 19.1 Å². The standard InChI is InChI=1S/C14H17N3O2/c1-10-8-11-4-2-3-5-12(11)17(10)9-13(18)16-7-6-15-14(16)19/h2-5,10H,6-9H2,1H3,(H,15,19)/t10-/m1/s1. The highest BCUT2D eigenvalue weighted by Gasteiger charge is 2.32. The molecule has 3 rings (SSSR count). The molecule has 2 aliphatic rings. The highest BCUT2D eigenvalue weighted by molar-refractivity contribution is 5.98. The van der Waals surface area contributed by atoms with E-state index in [9.17, 15) is 9.59 Å². The van der Waals surface area contributed by atoms with Crippen LogP contribution in [0, 0.1) is 0 Å². The van der Waals surface area contributed by atoms with Gasteiger partial charge < -0.3 is 10.2 Å². The number of carbonyl (C=O) groups is 2. The molecule has 2 aliphatic heterocycles. The van der Waals surface area contributed by atoms with Crippen molar-refractivity contribution in [1.82, 2.24) is 10.2 Å². The van der Waals surface area contributed by atoms with E-state index in [1.807, 2.05) is 18.2 Å². The van der Waals surface area contributed by atoms with Crippen LogP contribution < -0.4 is 10.2 Å². The molecule has 0 unspecified atom stereocenters. The van der Waals surface area contributed by atoms with Crippen molar-refractivity contribution in [3.05, 3.63) is 29.8 Å². The number of amides is 3. The van der Waals surface area contributed by atoms with Crippen molar-refractivity contribution in [2.45, 2.75) is 19.4 Å². The van der Waals surface area contributed by atoms with Crippen molar-refractivity contribution in [2.24, 2.45) is 0 Å². The van der Waals surface area contributed by atoms with Crippen LogP contribution in [-0.4, -0.2) is 42.5 Å². The first-order chi connectivity index (χ1) is 9.16. The van der Waals surface area contributed by atoms with Crippen LogP contribution in [0.2, 0.25) is 0 Å². The van der Waals surface area contributed by atoms with Gasteiger partial charge in [0.2, 0.25) is 5.91 Å². The Kier molecular flexibility index (Phi) is 2.89. The summed E-state index contributed by atoms with van der Waals surface area (Å²) in [5.74, 6) is -0.126. The second-order valence-corrected chi connectivity index (χ2v) is 5.09. The summed E-state index contributed by atoms with van der Waals surface area (Å²) in [4.78, 5) is 27.1. The second-order valence-electron chi connectivity index (χ2n) is 5.09. The third-order valence-corrected chi connectivity index (χ3v) is 3.81. The van der Waals surface area contributed by atoms with Crippen LogP contribution in [0.1, 0.15) is 12.5 Å². The minimum absolute atomic E-state index is 0.126. The molecule has 0 bridgehead atoms. The highest BCUT2D eigenvalue weighted by atomic mass is 16.2. The van der Waals surface area contributed by atoms with E-state index >= 15 is 0 Å². The summed E-state index contributed by atoms with van der Waals surface area (Å²) in [6.07, 6.45) is 0.954. The molecule has 5 nitrogen and oxygen atoms in total. The SMILES string of the molecule is C[C@@H]1Cc2ccccc2N1CC(=O)N1CCNC1=O. The number of hydrogen-bond donors (Lipinski definition) is 1. The Morgan fingerprint density at radius 2 is 2.21 bits per heavy atom. The summed E-state index contributed by atoms with van der Waals surface area (Å²) in [5.41, 5.74) is 2.39. The van der Waals surface area contributed by atoms with Crippen LogP contribution >= 0.6 is 0 Å². The zero-order valence-corrected chi connectivity index (χ0v) is 10.9. The van der Waals surface area contributed by atoms with Crippen LogP contribution in [0.25, 0.3) is 0 Å². The number of imide groups is 1. The van der Waals surface area contributed by atoms with E-state index in [-0.39, 0.29) is 18.5 Å². The minimum Gasteiger partial charge on any atom is -0.359 e. The normalized spacial score (nSPS) is 21.5. The van der Waals surface area contributed by atoms with Crippen LogP contribution in [0.4, 0.5) is 10.5 Å². The lowest BCUT2D eigenvalue weighted by atomic mass is 10.1. The van der Waals surface area contributed by atoms with Gasteiger partial charge in [-0.05, 0) is 25.0 Å². The summed E-state index contributed by atoms with van der Waals surface area (Å²) in [5, 5.41) is 2.65. The first kappa shape index (κ1) is 12.0. The number of fused-ring (bicyclic) bond motifs is 1. The molecule has 0 radical (unpaired) electrons. The van der Waals surface area contributed by atoms with Gasteiger partial charge in [-0.2, -0.15) is 0 Å². The van der Waals surface area contributed by atoms with Gasteiger partial charge in [0.05, 0.1) is 6.54 Å². The van der Waals surface area contributed by atoms with Gasteiger partial charge >= 0.3 is 6.03 Å². The number of nitrogens with one attached hydrogen (secondary N) is 1. The van der Waals surface area contributed by atoms with E-state index in [2.05, 4.69) is 23.2 Å². The molecule has 0 aliphatic carbocycles. The van der Waals surface area contributed by atoms with E-state index in [0.717, 1.165) is 12.1 Å². The van der Waals surface area contributed by atoms with Gasteiger partial charge in [-0.15, -0.1) is 0 Å². The van der Waals surface area contributed by atoms with E-state index in [1.165, 1.54) is 10.5 Å². The van der Waals surface area contributed by atoms with Gasteiger partial charge in [0.1, 0.15) is 0 Å². The average molecular weight is 259 g/mol. The van der Waals surface area contributed by atoms with Crippen molar-refractivity contribution in [2.75, 3.05) is 24.5 Å². The highest BCUT2D eigenvalue weighted by Crippen LogP contribution is 2.31. The Morgan fingerprint density at radius 3 is 2.95 bits per heavy atom. The monoisotopic (exact) mass is 259 g/mol.